The maximum Gasteiger partial charge on any atom is 0.321 e. The van der Waals surface area contributed by atoms with Gasteiger partial charge in [-0.15, -0.1) is 0 Å². The first-order chi connectivity index (χ1) is 11.3. The molecule has 134 valence electrons. The summed E-state index contributed by atoms with van der Waals surface area (Å²) in [6.45, 7) is 5.05. The highest BCUT2D eigenvalue weighted by molar-refractivity contribution is 5.95. The van der Waals surface area contributed by atoms with Crippen molar-refractivity contribution in [1.82, 2.24) is 15.5 Å². The maximum atomic E-state index is 13.6. The average molecular weight is 339 g/mol. The molecule has 0 aliphatic rings. The maximum absolute atomic E-state index is 13.6. The van der Waals surface area contributed by atoms with Gasteiger partial charge in [-0.1, -0.05) is 19.9 Å². The third kappa shape index (κ3) is 7.41. The highest BCUT2D eigenvalue weighted by Crippen LogP contribution is 2.18. The number of rotatable bonds is 8. The van der Waals surface area contributed by atoms with Gasteiger partial charge in [-0.3, -0.25) is 15.0 Å². The van der Waals surface area contributed by atoms with Gasteiger partial charge in [-0.2, -0.15) is 0 Å². The number of halogens is 1. The molecule has 0 fully saturated rings. The number of hydrogen-bond donors (Lipinski definition) is 2. The highest BCUT2D eigenvalue weighted by atomic mass is 19.1. The molecule has 0 aromatic heterocycles. The Morgan fingerprint density at radius 1 is 1.33 bits per heavy atom. The fourth-order valence-corrected chi connectivity index (χ4v) is 2.11. The second-order valence-corrected chi connectivity index (χ2v) is 6.13. The summed E-state index contributed by atoms with van der Waals surface area (Å²) >= 11 is 0. The second-order valence-electron chi connectivity index (χ2n) is 6.13. The molecule has 1 aromatic rings. The van der Waals surface area contributed by atoms with Crippen LogP contribution in [0.5, 0.6) is 5.75 Å². The van der Waals surface area contributed by atoms with E-state index in [9.17, 15) is 14.0 Å². The summed E-state index contributed by atoms with van der Waals surface area (Å²) in [6.07, 6.45) is 0.852. The van der Waals surface area contributed by atoms with Crippen LogP contribution in [0, 0.1) is 11.7 Å². The molecule has 0 saturated heterocycles. The Kier molecular flexibility index (Phi) is 8.18. The lowest BCUT2D eigenvalue weighted by Crippen LogP contribution is -2.44. The van der Waals surface area contributed by atoms with Crippen molar-refractivity contribution in [1.29, 1.82) is 0 Å². The Hall–Kier alpha value is -2.15. The normalized spacial score (nSPS) is 10.8. The molecule has 7 heteroatoms. The number of hydrogen-bond acceptors (Lipinski definition) is 4. The Bertz CT molecular complexity index is 564. The molecular formula is C17H26FN3O3. The first kappa shape index (κ1) is 19.9. The Labute approximate surface area is 142 Å². The van der Waals surface area contributed by atoms with Crippen molar-refractivity contribution in [2.45, 2.75) is 26.8 Å². The largest absolute Gasteiger partial charge is 0.494 e. The van der Waals surface area contributed by atoms with E-state index in [1.165, 1.54) is 13.2 Å². The molecule has 1 aromatic carbocycles. The number of nitrogens with one attached hydrogen (secondary N) is 2. The molecule has 0 heterocycles. The number of urea groups is 1. The molecule has 0 unspecified atom stereocenters. The second kappa shape index (κ2) is 9.87. The summed E-state index contributed by atoms with van der Waals surface area (Å²) in [5.74, 6) is -0.194. The summed E-state index contributed by atoms with van der Waals surface area (Å²) in [7, 11) is 3.12. The van der Waals surface area contributed by atoms with Crippen LogP contribution >= 0.6 is 0 Å². The van der Waals surface area contributed by atoms with Crippen LogP contribution < -0.4 is 15.4 Å². The summed E-state index contributed by atoms with van der Waals surface area (Å²) in [5.41, 5.74) is 0.713. The zero-order valence-electron chi connectivity index (χ0n) is 14.7. The van der Waals surface area contributed by atoms with E-state index >= 15 is 0 Å². The van der Waals surface area contributed by atoms with Gasteiger partial charge in [-0.05, 0) is 37.1 Å². The zero-order chi connectivity index (χ0) is 18.1. The van der Waals surface area contributed by atoms with Crippen LogP contribution in [0.25, 0.3) is 0 Å². The monoisotopic (exact) mass is 339 g/mol. The van der Waals surface area contributed by atoms with Crippen molar-refractivity contribution in [2.75, 3.05) is 27.2 Å². The van der Waals surface area contributed by atoms with E-state index in [4.69, 9.17) is 4.74 Å². The van der Waals surface area contributed by atoms with Crippen molar-refractivity contribution >= 4 is 11.9 Å². The standard InChI is InChI=1S/C17H26FN3O3/c1-12(2)7-8-19-17(23)20-16(22)11-21(3)10-13-5-6-15(24-4)14(18)9-13/h5-6,9,12H,7-8,10-11H2,1-4H3,(H2,19,20,22,23). The quantitative estimate of drug-likeness (QED) is 0.761. The van der Waals surface area contributed by atoms with Crippen molar-refractivity contribution in [2.24, 2.45) is 5.92 Å². The topological polar surface area (TPSA) is 70.7 Å². The van der Waals surface area contributed by atoms with Crippen LogP contribution in [-0.2, 0) is 11.3 Å². The van der Waals surface area contributed by atoms with Crippen molar-refractivity contribution in [3.63, 3.8) is 0 Å². The smallest absolute Gasteiger partial charge is 0.321 e. The summed E-state index contributed by atoms with van der Waals surface area (Å²) in [6, 6.07) is 4.14. The number of amides is 3. The third-order valence-corrected chi connectivity index (χ3v) is 3.34. The number of carbonyl (C=O) groups is 2. The molecule has 0 saturated carbocycles. The van der Waals surface area contributed by atoms with E-state index in [1.54, 1.807) is 24.1 Å². The van der Waals surface area contributed by atoms with Crippen LogP contribution in [0.15, 0.2) is 18.2 Å². The Morgan fingerprint density at radius 2 is 2.04 bits per heavy atom. The van der Waals surface area contributed by atoms with Crippen LogP contribution in [0.1, 0.15) is 25.8 Å². The first-order valence-electron chi connectivity index (χ1n) is 7.90. The number of likely N-dealkylation sites (N-methyl/N-ethyl adjacent to an activating group) is 1. The van der Waals surface area contributed by atoms with Crippen LogP contribution in [0.3, 0.4) is 0 Å². The van der Waals surface area contributed by atoms with Gasteiger partial charge in [-0.25, -0.2) is 9.18 Å². The minimum Gasteiger partial charge on any atom is -0.494 e. The van der Waals surface area contributed by atoms with Gasteiger partial charge in [0.2, 0.25) is 5.91 Å². The van der Waals surface area contributed by atoms with Gasteiger partial charge in [0.15, 0.2) is 11.6 Å². The molecule has 0 atom stereocenters. The minimum atomic E-state index is -0.496. The SMILES string of the molecule is COc1ccc(CN(C)CC(=O)NC(=O)NCCC(C)C)cc1F. The molecule has 0 radical (unpaired) electrons. The summed E-state index contributed by atoms with van der Waals surface area (Å²) < 4.78 is 18.5. The predicted octanol–water partition coefficient (Wildman–Crippen LogP) is 2.14. The van der Waals surface area contributed by atoms with E-state index in [1.807, 2.05) is 0 Å². The molecule has 0 aliphatic carbocycles. The number of ether oxygens (including phenoxy) is 1. The Balaban J connectivity index is 2.38. The summed E-state index contributed by atoms with van der Waals surface area (Å²) in [4.78, 5) is 25.1. The number of imide groups is 1. The van der Waals surface area contributed by atoms with Crippen molar-refractivity contribution < 1.29 is 18.7 Å². The lowest BCUT2D eigenvalue weighted by Gasteiger charge is -2.16. The van der Waals surface area contributed by atoms with E-state index in [0.717, 1.165) is 6.42 Å². The van der Waals surface area contributed by atoms with Gasteiger partial charge in [0, 0.05) is 13.1 Å². The van der Waals surface area contributed by atoms with Gasteiger partial charge in [0.05, 0.1) is 13.7 Å². The predicted molar refractivity (Wildman–Crippen MR) is 90.3 cm³/mol. The summed E-state index contributed by atoms with van der Waals surface area (Å²) in [5, 5.41) is 4.91. The molecule has 0 bridgehead atoms. The van der Waals surface area contributed by atoms with Gasteiger partial charge < -0.3 is 10.1 Å². The number of nitrogens with zero attached hydrogens (tertiary/aromatic N) is 1. The lowest BCUT2D eigenvalue weighted by atomic mass is 10.1. The van der Waals surface area contributed by atoms with E-state index < -0.39 is 17.8 Å². The third-order valence-electron chi connectivity index (χ3n) is 3.34. The van der Waals surface area contributed by atoms with E-state index in [0.29, 0.717) is 24.6 Å². The molecule has 0 aliphatic heterocycles. The molecular weight excluding hydrogens is 313 g/mol. The van der Waals surface area contributed by atoms with Gasteiger partial charge >= 0.3 is 6.03 Å². The van der Waals surface area contributed by atoms with Crippen LogP contribution in [0.2, 0.25) is 0 Å². The van der Waals surface area contributed by atoms with Crippen LogP contribution in [0.4, 0.5) is 9.18 Å². The first-order valence-corrected chi connectivity index (χ1v) is 7.90. The van der Waals surface area contributed by atoms with E-state index in [-0.39, 0.29) is 12.3 Å². The molecule has 1 rings (SSSR count). The van der Waals surface area contributed by atoms with Crippen molar-refractivity contribution in [3.05, 3.63) is 29.6 Å². The number of benzene rings is 1. The van der Waals surface area contributed by atoms with Gasteiger partial charge in [0.1, 0.15) is 0 Å². The lowest BCUT2D eigenvalue weighted by molar-refractivity contribution is -0.120. The Morgan fingerprint density at radius 3 is 2.62 bits per heavy atom. The minimum absolute atomic E-state index is 0.0330. The van der Waals surface area contributed by atoms with E-state index in [2.05, 4.69) is 24.5 Å². The molecule has 6 nitrogen and oxygen atoms in total. The fourth-order valence-electron chi connectivity index (χ4n) is 2.11. The van der Waals surface area contributed by atoms with Crippen LogP contribution in [-0.4, -0.2) is 44.1 Å². The molecule has 24 heavy (non-hydrogen) atoms. The highest BCUT2D eigenvalue weighted by Gasteiger charge is 2.12. The van der Waals surface area contributed by atoms with Crippen molar-refractivity contribution in [3.8, 4) is 5.75 Å². The number of carbonyl (C=O) groups excluding carboxylic acids is 2. The molecule has 0 spiro atoms. The fraction of sp³-hybridized carbons (Fsp3) is 0.529. The average Bonchev–Trinajstić information content (AvgIpc) is 2.46. The molecule has 2 N–H and O–H groups in total. The molecule has 3 amide bonds. The number of methoxy groups -OCH3 is 1. The van der Waals surface area contributed by atoms with Gasteiger partial charge in [0.25, 0.3) is 0 Å². The zero-order valence-corrected chi connectivity index (χ0v) is 14.7.